The first-order valence-electron chi connectivity index (χ1n) is 9.31. The van der Waals surface area contributed by atoms with E-state index >= 15 is 0 Å². The van der Waals surface area contributed by atoms with Crippen LogP contribution in [0.2, 0.25) is 0 Å². The predicted molar refractivity (Wildman–Crippen MR) is 113 cm³/mol. The highest BCUT2D eigenvalue weighted by atomic mass is 32.1. The Morgan fingerprint density at radius 2 is 2.33 bits per heavy atom. The number of thiazole rings is 1. The second kappa shape index (κ2) is 9.08. The number of aryl methyl sites for hydroxylation is 1. The molecule has 1 aromatic heterocycles. The van der Waals surface area contributed by atoms with Gasteiger partial charge in [0, 0.05) is 50.9 Å². The summed E-state index contributed by atoms with van der Waals surface area (Å²) in [4.78, 5) is 13.5. The summed E-state index contributed by atoms with van der Waals surface area (Å²) in [6.07, 6.45) is 1.18. The quantitative estimate of drug-likeness (QED) is 0.610. The molecule has 0 amide bonds. The lowest BCUT2D eigenvalue weighted by molar-refractivity contribution is 0.415. The number of hydrogen-bond donors (Lipinski definition) is 1. The lowest BCUT2D eigenvalue weighted by Crippen LogP contribution is -2.41. The van der Waals surface area contributed by atoms with Crippen molar-refractivity contribution in [2.45, 2.75) is 19.9 Å². The van der Waals surface area contributed by atoms with E-state index in [1.807, 2.05) is 20.0 Å². The molecule has 1 N–H and O–H groups in total. The third-order valence-corrected chi connectivity index (χ3v) is 5.71. The van der Waals surface area contributed by atoms with Crippen molar-refractivity contribution < 1.29 is 4.74 Å². The summed E-state index contributed by atoms with van der Waals surface area (Å²) in [5, 5.41) is 6.75. The Bertz CT molecular complexity index is 775. The number of anilines is 1. The van der Waals surface area contributed by atoms with Gasteiger partial charge in [-0.05, 0) is 31.4 Å². The number of ether oxygens (including phenoxy) is 1. The first kappa shape index (κ1) is 19.5. The highest BCUT2D eigenvalue weighted by Crippen LogP contribution is 2.26. The first-order chi connectivity index (χ1) is 13.1. The number of nitrogens with one attached hydrogen (secondary N) is 1. The maximum atomic E-state index is 5.35. The molecular formula is C20H29N5OS. The fraction of sp³-hybridized carbons (Fsp3) is 0.500. The fourth-order valence-corrected chi connectivity index (χ4v) is 4.06. The molecule has 27 heavy (non-hydrogen) atoms. The molecule has 0 spiro atoms. The highest BCUT2D eigenvalue weighted by Gasteiger charge is 2.23. The van der Waals surface area contributed by atoms with Crippen LogP contribution in [0.1, 0.15) is 17.1 Å². The van der Waals surface area contributed by atoms with Gasteiger partial charge in [-0.3, -0.25) is 4.99 Å². The Labute approximate surface area is 165 Å². The number of rotatable bonds is 6. The van der Waals surface area contributed by atoms with E-state index in [0.29, 0.717) is 5.92 Å². The van der Waals surface area contributed by atoms with Crippen molar-refractivity contribution in [3.05, 3.63) is 40.3 Å². The molecular weight excluding hydrogens is 358 g/mol. The molecule has 0 saturated carbocycles. The number of aromatic nitrogens is 1. The Morgan fingerprint density at radius 3 is 3.04 bits per heavy atom. The topological polar surface area (TPSA) is 53.0 Å². The molecule has 2 aromatic rings. The van der Waals surface area contributed by atoms with Gasteiger partial charge in [-0.15, -0.1) is 11.3 Å². The van der Waals surface area contributed by atoms with E-state index in [2.05, 4.69) is 55.7 Å². The number of methoxy groups -OCH3 is 1. The molecule has 0 aliphatic carbocycles. The smallest absolute Gasteiger partial charge is 0.193 e. The van der Waals surface area contributed by atoms with Gasteiger partial charge in [-0.2, -0.15) is 0 Å². The normalized spacial score (nSPS) is 17.3. The van der Waals surface area contributed by atoms with Crippen LogP contribution < -0.4 is 15.0 Å². The van der Waals surface area contributed by atoms with Gasteiger partial charge < -0.3 is 19.9 Å². The van der Waals surface area contributed by atoms with E-state index in [-0.39, 0.29) is 0 Å². The van der Waals surface area contributed by atoms with Crippen LogP contribution in [0.5, 0.6) is 5.75 Å². The summed E-state index contributed by atoms with van der Waals surface area (Å²) in [5.74, 6) is 2.43. The third kappa shape index (κ3) is 5.13. The zero-order valence-corrected chi connectivity index (χ0v) is 17.4. The van der Waals surface area contributed by atoms with Crippen LogP contribution in [0.25, 0.3) is 0 Å². The number of aliphatic imine (C=N–C) groups is 1. The van der Waals surface area contributed by atoms with Crippen LogP contribution in [0, 0.1) is 12.8 Å². The number of nitrogens with zero attached hydrogens (tertiary/aromatic N) is 4. The number of hydrogen-bond acceptors (Lipinski definition) is 5. The summed E-state index contributed by atoms with van der Waals surface area (Å²) in [5.41, 5.74) is 2.32. The Kier molecular flexibility index (Phi) is 6.55. The average molecular weight is 388 g/mol. The molecule has 1 aliphatic rings. The molecule has 6 nitrogen and oxygen atoms in total. The van der Waals surface area contributed by atoms with Gasteiger partial charge in [-0.1, -0.05) is 6.07 Å². The zero-order valence-electron chi connectivity index (χ0n) is 16.6. The largest absolute Gasteiger partial charge is 0.497 e. The van der Waals surface area contributed by atoms with Crippen molar-refractivity contribution in [3.63, 3.8) is 0 Å². The minimum atomic E-state index is 0.600. The molecule has 1 unspecified atom stereocenters. The summed E-state index contributed by atoms with van der Waals surface area (Å²) in [7, 11) is 5.61. The standard InChI is InChI=1S/C20H29N5OS/c1-15-23-17(14-27-15)13-24(3)20(21-2)22-11-16-8-9-25(12-16)18-6-5-7-19(10-18)26-4/h5-7,10,14,16H,8-9,11-13H2,1-4H3,(H,21,22). The lowest BCUT2D eigenvalue weighted by atomic mass is 10.1. The van der Waals surface area contributed by atoms with Gasteiger partial charge in [0.2, 0.25) is 0 Å². The van der Waals surface area contributed by atoms with E-state index in [1.54, 1.807) is 18.4 Å². The molecule has 7 heteroatoms. The summed E-state index contributed by atoms with van der Waals surface area (Å²) in [6.45, 7) is 5.85. The van der Waals surface area contributed by atoms with E-state index in [9.17, 15) is 0 Å². The lowest BCUT2D eigenvalue weighted by Gasteiger charge is -2.23. The van der Waals surface area contributed by atoms with Gasteiger partial charge in [0.25, 0.3) is 0 Å². The van der Waals surface area contributed by atoms with Gasteiger partial charge in [0.15, 0.2) is 5.96 Å². The number of benzene rings is 1. The van der Waals surface area contributed by atoms with Gasteiger partial charge in [0.1, 0.15) is 5.75 Å². The highest BCUT2D eigenvalue weighted by molar-refractivity contribution is 7.09. The average Bonchev–Trinajstić information content (AvgIpc) is 3.31. The van der Waals surface area contributed by atoms with Crippen LogP contribution >= 0.6 is 11.3 Å². The molecule has 0 radical (unpaired) electrons. The maximum Gasteiger partial charge on any atom is 0.193 e. The molecule has 2 heterocycles. The molecule has 1 fully saturated rings. The van der Waals surface area contributed by atoms with Gasteiger partial charge in [-0.25, -0.2) is 4.98 Å². The summed E-state index contributed by atoms with van der Waals surface area (Å²) >= 11 is 1.69. The van der Waals surface area contributed by atoms with Crippen molar-refractivity contribution in [2.75, 3.05) is 45.7 Å². The third-order valence-electron chi connectivity index (χ3n) is 4.89. The van der Waals surface area contributed by atoms with E-state index in [0.717, 1.165) is 48.6 Å². The van der Waals surface area contributed by atoms with Crippen molar-refractivity contribution in [1.82, 2.24) is 15.2 Å². The Morgan fingerprint density at radius 1 is 1.48 bits per heavy atom. The first-order valence-corrected chi connectivity index (χ1v) is 10.2. The molecule has 1 aromatic carbocycles. The summed E-state index contributed by atoms with van der Waals surface area (Å²) in [6, 6.07) is 8.30. The van der Waals surface area contributed by atoms with Crippen molar-refractivity contribution in [1.29, 1.82) is 0 Å². The second-order valence-corrected chi connectivity index (χ2v) is 8.01. The molecule has 1 aliphatic heterocycles. The van der Waals surface area contributed by atoms with Crippen LogP contribution in [0.3, 0.4) is 0 Å². The Balaban J connectivity index is 1.50. The molecule has 146 valence electrons. The Hall–Kier alpha value is -2.28. The molecule has 1 saturated heterocycles. The van der Waals surface area contributed by atoms with Crippen LogP contribution in [-0.2, 0) is 6.54 Å². The van der Waals surface area contributed by atoms with Gasteiger partial charge in [0.05, 0.1) is 24.4 Å². The minimum absolute atomic E-state index is 0.600. The van der Waals surface area contributed by atoms with Crippen LogP contribution in [-0.4, -0.2) is 56.7 Å². The van der Waals surface area contributed by atoms with Crippen molar-refractivity contribution in [3.8, 4) is 5.75 Å². The van der Waals surface area contributed by atoms with Crippen molar-refractivity contribution >= 4 is 23.0 Å². The van der Waals surface area contributed by atoms with Crippen LogP contribution in [0.15, 0.2) is 34.6 Å². The molecule has 0 bridgehead atoms. The van der Waals surface area contributed by atoms with Crippen LogP contribution in [0.4, 0.5) is 5.69 Å². The second-order valence-electron chi connectivity index (χ2n) is 6.94. The van der Waals surface area contributed by atoms with E-state index in [1.165, 1.54) is 12.1 Å². The van der Waals surface area contributed by atoms with E-state index in [4.69, 9.17) is 4.74 Å². The van der Waals surface area contributed by atoms with E-state index < -0.39 is 0 Å². The predicted octanol–water partition coefficient (Wildman–Crippen LogP) is 2.99. The maximum absolute atomic E-state index is 5.35. The zero-order chi connectivity index (χ0) is 19.2. The van der Waals surface area contributed by atoms with Crippen molar-refractivity contribution in [2.24, 2.45) is 10.9 Å². The molecule has 1 atom stereocenters. The SMILES string of the molecule is CN=C(NCC1CCN(c2cccc(OC)c2)C1)N(C)Cc1csc(C)n1. The minimum Gasteiger partial charge on any atom is -0.497 e. The fourth-order valence-electron chi connectivity index (χ4n) is 3.46. The van der Waals surface area contributed by atoms with Gasteiger partial charge >= 0.3 is 0 Å². The number of guanidine groups is 1. The monoisotopic (exact) mass is 387 g/mol. The summed E-state index contributed by atoms with van der Waals surface area (Å²) < 4.78 is 5.35. The molecule has 3 rings (SSSR count).